The fourth-order valence-corrected chi connectivity index (χ4v) is 3.41. The first kappa shape index (κ1) is 25.9. The van der Waals surface area contributed by atoms with Crippen LogP contribution in [0.25, 0.3) is 0 Å². The van der Waals surface area contributed by atoms with Crippen molar-refractivity contribution in [1.29, 1.82) is 0 Å². The van der Waals surface area contributed by atoms with Gasteiger partial charge in [-0.05, 0) is 35.4 Å². The lowest BCUT2D eigenvalue weighted by Gasteiger charge is -2.27. The smallest absolute Gasteiger partial charge is 0.165 e. The van der Waals surface area contributed by atoms with Gasteiger partial charge < -0.3 is 19.7 Å². The SMILES string of the molecule is CC(C)(c1ccc(OC[C@H](O)Cn2cc(CF)nn2)cc1)c1ccc(OC[C@@H](O)CCl)c(F)c1. The van der Waals surface area contributed by atoms with Crippen LogP contribution in [0, 0.1) is 5.82 Å². The van der Waals surface area contributed by atoms with Crippen LogP contribution >= 0.6 is 11.6 Å². The maximum Gasteiger partial charge on any atom is 0.165 e. The first-order valence-electron chi connectivity index (χ1n) is 10.8. The van der Waals surface area contributed by atoms with Crippen molar-refractivity contribution in [2.45, 2.75) is 44.7 Å². The van der Waals surface area contributed by atoms with Gasteiger partial charge in [0.05, 0.1) is 18.6 Å². The van der Waals surface area contributed by atoms with Crippen molar-refractivity contribution >= 4 is 11.6 Å². The summed E-state index contributed by atoms with van der Waals surface area (Å²) >= 11 is 5.53. The molecule has 2 N–H and O–H groups in total. The van der Waals surface area contributed by atoms with Gasteiger partial charge in [0.1, 0.15) is 43.5 Å². The van der Waals surface area contributed by atoms with Crippen molar-refractivity contribution in [3.63, 3.8) is 0 Å². The Morgan fingerprint density at radius 1 is 1.03 bits per heavy atom. The molecule has 0 spiro atoms. The zero-order valence-electron chi connectivity index (χ0n) is 19.0. The monoisotopic (exact) mass is 495 g/mol. The highest BCUT2D eigenvalue weighted by Gasteiger charge is 2.25. The highest BCUT2D eigenvalue weighted by molar-refractivity contribution is 6.18. The van der Waals surface area contributed by atoms with Gasteiger partial charge in [-0.25, -0.2) is 13.5 Å². The van der Waals surface area contributed by atoms with Crippen LogP contribution in [-0.4, -0.2) is 56.5 Å². The molecule has 0 fully saturated rings. The molecule has 184 valence electrons. The second-order valence-electron chi connectivity index (χ2n) is 8.44. The Kier molecular flexibility index (Phi) is 8.82. The fraction of sp³-hybridized carbons (Fsp3) is 0.417. The number of benzene rings is 2. The zero-order valence-corrected chi connectivity index (χ0v) is 19.8. The van der Waals surface area contributed by atoms with Crippen LogP contribution < -0.4 is 9.47 Å². The normalized spacial score (nSPS) is 13.5. The van der Waals surface area contributed by atoms with Crippen LogP contribution in [0.3, 0.4) is 0 Å². The van der Waals surface area contributed by atoms with E-state index >= 15 is 0 Å². The van der Waals surface area contributed by atoms with E-state index in [2.05, 4.69) is 10.3 Å². The predicted molar refractivity (Wildman–Crippen MR) is 124 cm³/mol. The van der Waals surface area contributed by atoms with E-state index in [1.165, 1.54) is 23.0 Å². The summed E-state index contributed by atoms with van der Waals surface area (Å²) in [5.74, 6) is 0.105. The summed E-state index contributed by atoms with van der Waals surface area (Å²) in [6, 6.07) is 12.1. The van der Waals surface area contributed by atoms with Gasteiger partial charge in [-0.15, -0.1) is 16.7 Å². The van der Waals surface area contributed by atoms with Crippen LogP contribution in [0.1, 0.15) is 30.7 Å². The van der Waals surface area contributed by atoms with Gasteiger partial charge in [0.15, 0.2) is 11.6 Å². The average Bonchev–Trinajstić information content (AvgIpc) is 3.29. The third-order valence-electron chi connectivity index (χ3n) is 5.40. The molecule has 0 radical (unpaired) electrons. The number of alkyl halides is 2. The third-order valence-corrected chi connectivity index (χ3v) is 5.76. The Bertz CT molecular complexity index is 1060. The Hall–Kier alpha value is -2.75. The van der Waals surface area contributed by atoms with Crippen molar-refractivity contribution in [2.75, 3.05) is 19.1 Å². The predicted octanol–water partition coefficient (Wildman–Crippen LogP) is 3.63. The zero-order chi connectivity index (χ0) is 24.7. The fourth-order valence-electron chi connectivity index (χ4n) is 3.32. The van der Waals surface area contributed by atoms with Crippen molar-refractivity contribution in [1.82, 2.24) is 15.0 Å². The number of rotatable bonds is 12. The second-order valence-corrected chi connectivity index (χ2v) is 8.75. The van der Waals surface area contributed by atoms with Gasteiger partial charge >= 0.3 is 0 Å². The number of aliphatic hydroxyl groups is 2. The third kappa shape index (κ3) is 6.65. The molecule has 0 bridgehead atoms. The van der Waals surface area contributed by atoms with Crippen LogP contribution in [0.2, 0.25) is 0 Å². The molecule has 0 unspecified atom stereocenters. The molecule has 7 nitrogen and oxygen atoms in total. The lowest BCUT2D eigenvalue weighted by Crippen LogP contribution is -2.24. The summed E-state index contributed by atoms with van der Waals surface area (Å²) < 4.78 is 39.4. The summed E-state index contributed by atoms with van der Waals surface area (Å²) in [4.78, 5) is 0. The molecule has 1 aromatic heterocycles. The van der Waals surface area contributed by atoms with Crippen LogP contribution in [0.5, 0.6) is 11.5 Å². The van der Waals surface area contributed by atoms with E-state index in [4.69, 9.17) is 21.1 Å². The first-order chi connectivity index (χ1) is 16.2. The standard InChI is InChI=1S/C24H28ClF2N3O4/c1-24(2,17-5-8-23(22(27)9-17)34-14-19(31)10-25)16-3-6-21(7-4-16)33-15-20(32)13-30-12-18(11-26)28-29-30/h3-9,12,19-20,31-32H,10-11,13-15H2,1-2H3/t19-,20+/m0/s1. The van der Waals surface area contributed by atoms with E-state index in [0.29, 0.717) is 5.75 Å². The molecule has 2 atom stereocenters. The molecule has 0 saturated heterocycles. The molecule has 0 aliphatic rings. The number of hydrogen-bond donors (Lipinski definition) is 2. The average molecular weight is 496 g/mol. The maximum atomic E-state index is 14.6. The quantitative estimate of drug-likeness (QED) is 0.373. The Morgan fingerprint density at radius 3 is 2.32 bits per heavy atom. The van der Waals surface area contributed by atoms with Gasteiger partial charge in [-0.1, -0.05) is 37.3 Å². The van der Waals surface area contributed by atoms with E-state index < -0.39 is 30.1 Å². The van der Waals surface area contributed by atoms with Crippen molar-refractivity contribution < 1.29 is 28.5 Å². The highest BCUT2D eigenvalue weighted by atomic mass is 35.5. The van der Waals surface area contributed by atoms with E-state index in [1.807, 2.05) is 26.0 Å². The van der Waals surface area contributed by atoms with E-state index in [1.54, 1.807) is 18.2 Å². The van der Waals surface area contributed by atoms with Gasteiger partial charge in [-0.3, -0.25) is 0 Å². The van der Waals surface area contributed by atoms with Gasteiger partial charge in [0.25, 0.3) is 0 Å². The minimum absolute atomic E-state index is 0.00846. The minimum atomic E-state index is -0.865. The molecular weight excluding hydrogens is 468 g/mol. The summed E-state index contributed by atoms with van der Waals surface area (Å²) in [7, 11) is 0. The maximum absolute atomic E-state index is 14.6. The van der Waals surface area contributed by atoms with Crippen molar-refractivity contribution in [3.05, 3.63) is 71.3 Å². The van der Waals surface area contributed by atoms with Crippen LogP contribution in [0.15, 0.2) is 48.7 Å². The number of hydrogen-bond acceptors (Lipinski definition) is 6. The Labute approximate surface area is 201 Å². The van der Waals surface area contributed by atoms with Gasteiger partial charge in [0, 0.05) is 5.41 Å². The van der Waals surface area contributed by atoms with E-state index in [-0.39, 0.29) is 37.1 Å². The van der Waals surface area contributed by atoms with Crippen LogP contribution in [-0.2, 0) is 18.6 Å². The minimum Gasteiger partial charge on any atom is -0.491 e. The molecule has 10 heteroatoms. The molecule has 1 heterocycles. The number of aromatic nitrogens is 3. The van der Waals surface area contributed by atoms with E-state index in [0.717, 1.165) is 11.1 Å². The molecule has 34 heavy (non-hydrogen) atoms. The lowest BCUT2D eigenvalue weighted by molar-refractivity contribution is 0.0888. The van der Waals surface area contributed by atoms with Crippen molar-refractivity contribution in [3.8, 4) is 11.5 Å². The molecular formula is C24H28ClF2N3O4. The molecule has 2 aromatic carbocycles. The van der Waals surface area contributed by atoms with E-state index in [9.17, 15) is 19.0 Å². The Morgan fingerprint density at radius 2 is 1.71 bits per heavy atom. The first-order valence-corrected chi connectivity index (χ1v) is 11.3. The number of nitrogens with zero attached hydrogens (tertiary/aromatic N) is 3. The van der Waals surface area contributed by atoms with Gasteiger partial charge in [-0.2, -0.15) is 0 Å². The molecule has 3 aromatic rings. The molecule has 0 saturated carbocycles. The summed E-state index contributed by atoms with van der Waals surface area (Å²) in [6.07, 6.45) is -0.277. The number of ether oxygens (including phenoxy) is 2. The topological polar surface area (TPSA) is 89.6 Å². The number of halogens is 3. The van der Waals surface area contributed by atoms with Gasteiger partial charge in [0.2, 0.25) is 0 Å². The second kappa shape index (κ2) is 11.6. The molecule has 0 amide bonds. The highest BCUT2D eigenvalue weighted by Crippen LogP contribution is 2.34. The Balaban J connectivity index is 1.59. The molecule has 3 rings (SSSR count). The van der Waals surface area contributed by atoms with Crippen LogP contribution in [0.4, 0.5) is 8.78 Å². The lowest BCUT2D eigenvalue weighted by atomic mass is 9.78. The summed E-state index contributed by atoms with van der Waals surface area (Å²) in [5, 5.41) is 27.0. The molecule has 0 aliphatic heterocycles. The van der Waals surface area contributed by atoms with Crippen molar-refractivity contribution in [2.24, 2.45) is 0 Å². The summed E-state index contributed by atoms with van der Waals surface area (Å²) in [6.45, 7) is 3.31. The number of aliphatic hydroxyl groups excluding tert-OH is 2. The molecule has 0 aliphatic carbocycles. The largest absolute Gasteiger partial charge is 0.491 e. The summed E-state index contributed by atoms with van der Waals surface area (Å²) in [5.41, 5.74) is 1.39.